The number of hydrogen-bond acceptors (Lipinski definition) is 7. The van der Waals surface area contributed by atoms with Crippen molar-refractivity contribution >= 4 is 21.4 Å². The van der Waals surface area contributed by atoms with Crippen LogP contribution in [0.5, 0.6) is 0 Å². The number of hydrogen-bond donors (Lipinski definition) is 1. The third-order valence-electron chi connectivity index (χ3n) is 4.66. The smallest absolute Gasteiger partial charge is 0.260 e. The highest BCUT2D eigenvalue weighted by Gasteiger charge is 2.21. The van der Waals surface area contributed by atoms with Gasteiger partial charge in [-0.05, 0) is 58.5 Å². The van der Waals surface area contributed by atoms with Gasteiger partial charge >= 0.3 is 0 Å². The molecule has 0 aliphatic carbocycles. The van der Waals surface area contributed by atoms with Gasteiger partial charge in [0.2, 0.25) is 0 Å². The maximum Gasteiger partial charge on any atom is 0.260 e. The van der Waals surface area contributed by atoms with E-state index in [1.54, 1.807) is 36.5 Å². The van der Waals surface area contributed by atoms with Gasteiger partial charge in [-0.25, -0.2) is 17.9 Å². The molecule has 0 saturated carbocycles. The molecule has 2 heterocycles. The first-order chi connectivity index (χ1) is 15.3. The van der Waals surface area contributed by atoms with Crippen LogP contribution in [0.2, 0.25) is 0 Å². The van der Waals surface area contributed by atoms with Crippen molar-refractivity contribution in [1.29, 1.82) is 0 Å². The van der Waals surface area contributed by atoms with Crippen molar-refractivity contribution in [3.8, 4) is 11.4 Å². The second-order valence-electron chi connectivity index (χ2n) is 7.00. The molecule has 0 bridgehead atoms. The Labute approximate surface area is 182 Å². The van der Waals surface area contributed by atoms with Crippen LogP contribution in [0, 0.1) is 5.82 Å². The van der Waals surface area contributed by atoms with Gasteiger partial charge in [0.05, 0.1) is 17.0 Å². The Morgan fingerprint density at radius 2 is 1.91 bits per heavy atom. The number of pyridine rings is 1. The van der Waals surface area contributed by atoms with E-state index in [0.717, 1.165) is 6.26 Å². The number of benzene rings is 2. The Bertz CT molecular complexity index is 1340. The molecule has 0 radical (unpaired) electrons. The Balaban J connectivity index is 1.76. The maximum atomic E-state index is 14.5. The summed E-state index contributed by atoms with van der Waals surface area (Å²) < 4.78 is 37.9. The average Bonchev–Trinajstić information content (AvgIpc) is 3.32. The summed E-state index contributed by atoms with van der Waals surface area (Å²) in [6, 6.07) is 13.5. The zero-order chi connectivity index (χ0) is 22.7. The number of carbonyl (C=O) groups is 1. The van der Waals surface area contributed by atoms with Gasteiger partial charge in [0, 0.05) is 29.9 Å². The fourth-order valence-corrected chi connectivity index (χ4v) is 3.73. The highest BCUT2D eigenvalue weighted by atomic mass is 32.2. The number of amides is 1. The molecule has 4 rings (SSSR count). The van der Waals surface area contributed by atoms with E-state index >= 15 is 0 Å². The zero-order valence-corrected chi connectivity index (χ0v) is 17.6. The van der Waals surface area contributed by atoms with Gasteiger partial charge < -0.3 is 4.90 Å². The molecule has 0 spiro atoms. The van der Waals surface area contributed by atoms with E-state index < -0.39 is 21.6 Å². The summed E-state index contributed by atoms with van der Waals surface area (Å²) in [5.41, 5.74) is 1.60. The van der Waals surface area contributed by atoms with Crippen LogP contribution in [0.4, 0.5) is 10.1 Å². The number of nitrogens with zero attached hydrogens (tertiary/aromatic N) is 5. The third-order valence-corrected chi connectivity index (χ3v) is 5.79. The second kappa shape index (κ2) is 8.63. The molecule has 0 aliphatic rings. The molecule has 2 aromatic carbocycles. The Morgan fingerprint density at radius 1 is 1.12 bits per heavy atom. The lowest BCUT2D eigenvalue weighted by Gasteiger charge is -2.24. The predicted molar refractivity (Wildman–Crippen MR) is 114 cm³/mol. The van der Waals surface area contributed by atoms with Gasteiger partial charge in [-0.15, -0.1) is 5.10 Å². The average molecular weight is 452 g/mol. The predicted octanol–water partition coefficient (Wildman–Crippen LogP) is 2.65. The van der Waals surface area contributed by atoms with Crippen LogP contribution in [0.3, 0.4) is 0 Å². The molecule has 0 fully saturated rings. The minimum Gasteiger partial charge on any atom is -0.304 e. The molecule has 0 aliphatic heterocycles. The van der Waals surface area contributed by atoms with Gasteiger partial charge in [0.15, 0.2) is 15.7 Å². The van der Waals surface area contributed by atoms with Crippen LogP contribution < -0.4 is 4.90 Å². The van der Waals surface area contributed by atoms with Crippen molar-refractivity contribution in [2.75, 3.05) is 11.2 Å². The largest absolute Gasteiger partial charge is 0.304 e. The zero-order valence-electron chi connectivity index (χ0n) is 16.8. The highest BCUT2D eigenvalue weighted by molar-refractivity contribution is 7.90. The van der Waals surface area contributed by atoms with Gasteiger partial charge in [0.25, 0.3) is 5.91 Å². The number of tetrazole rings is 1. The van der Waals surface area contributed by atoms with Gasteiger partial charge in [-0.1, -0.05) is 12.1 Å². The van der Waals surface area contributed by atoms with Gasteiger partial charge in [0.1, 0.15) is 5.82 Å². The molecule has 9 nitrogen and oxygen atoms in total. The van der Waals surface area contributed by atoms with E-state index in [9.17, 15) is 17.6 Å². The molecular weight excluding hydrogens is 435 g/mol. The quantitative estimate of drug-likeness (QED) is 0.477. The van der Waals surface area contributed by atoms with Crippen molar-refractivity contribution in [2.24, 2.45) is 0 Å². The molecular formula is C21H17FN6O3S. The molecule has 2 aromatic heterocycles. The van der Waals surface area contributed by atoms with E-state index in [1.807, 2.05) is 0 Å². The first kappa shape index (κ1) is 21.2. The summed E-state index contributed by atoms with van der Waals surface area (Å²) in [6.45, 7) is 0.0648. The highest BCUT2D eigenvalue weighted by Crippen LogP contribution is 2.27. The molecule has 32 heavy (non-hydrogen) atoms. The van der Waals surface area contributed by atoms with Crippen LogP contribution in [0.25, 0.3) is 11.4 Å². The van der Waals surface area contributed by atoms with Crippen molar-refractivity contribution < 1.29 is 17.6 Å². The van der Waals surface area contributed by atoms with E-state index in [-0.39, 0.29) is 23.0 Å². The summed E-state index contributed by atoms with van der Waals surface area (Å²) in [4.78, 5) is 18.8. The lowest BCUT2D eigenvalue weighted by Crippen LogP contribution is -2.30. The number of rotatable bonds is 6. The Morgan fingerprint density at radius 3 is 2.53 bits per heavy atom. The molecule has 4 aromatic rings. The number of nitrogens with one attached hydrogen (secondary N) is 1. The summed E-state index contributed by atoms with van der Waals surface area (Å²) in [5, 5.41) is 13.4. The summed E-state index contributed by atoms with van der Waals surface area (Å²) in [6.07, 6.45) is 4.08. The number of aromatic nitrogens is 5. The molecule has 0 unspecified atom stereocenters. The maximum absolute atomic E-state index is 14.5. The van der Waals surface area contributed by atoms with Crippen molar-refractivity contribution in [2.45, 2.75) is 11.4 Å². The van der Waals surface area contributed by atoms with E-state index in [2.05, 4.69) is 25.6 Å². The van der Waals surface area contributed by atoms with Crippen LogP contribution in [-0.4, -0.2) is 46.2 Å². The van der Waals surface area contributed by atoms with Gasteiger partial charge in [-0.3, -0.25) is 9.78 Å². The monoisotopic (exact) mass is 452 g/mol. The number of aromatic amines is 1. The Kier molecular flexibility index (Phi) is 5.73. The van der Waals surface area contributed by atoms with Crippen molar-refractivity contribution in [1.82, 2.24) is 25.6 Å². The SMILES string of the molecule is CS(=O)(=O)c1ccc(CN(C(=O)c2cccnc2)c2cc(F)cc(-c3nnn[nH]3)c2)cc1. The summed E-state index contributed by atoms with van der Waals surface area (Å²) in [5.74, 6) is -0.736. The lowest BCUT2D eigenvalue weighted by molar-refractivity contribution is 0.0984. The van der Waals surface area contributed by atoms with E-state index in [4.69, 9.17) is 0 Å². The summed E-state index contributed by atoms with van der Waals surface area (Å²) >= 11 is 0. The van der Waals surface area contributed by atoms with Crippen LogP contribution >= 0.6 is 0 Å². The molecule has 1 amide bonds. The van der Waals surface area contributed by atoms with Crippen molar-refractivity contribution in [3.63, 3.8) is 0 Å². The van der Waals surface area contributed by atoms with Crippen LogP contribution in [0.15, 0.2) is 71.9 Å². The molecule has 0 atom stereocenters. The number of sulfone groups is 1. The first-order valence-electron chi connectivity index (χ1n) is 9.37. The van der Waals surface area contributed by atoms with E-state index in [1.165, 1.54) is 35.4 Å². The Hall–Kier alpha value is -3.99. The number of anilines is 1. The van der Waals surface area contributed by atoms with Crippen LogP contribution in [-0.2, 0) is 16.4 Å². The molecule has 11 heteroatoms. The fourth-order valence-electron chi connectivity index (χ4n) is 3.10. The molecule has 162 valence electrons. The van der Waals surface area contributed by atoms with Gasteiger partial charge in [-0.2, -0.15) is 0 Å². The molecule has 0 saturated heterocycles. The van der Waals surface area contributed by atoms with E-state index in [0.29, 0.717) is 16.7 Å². The standard InChI is InChI=1S/C21H17FN6O3S/c1-32(30,31)19-6-4-14(5-7-19)13-28(21(29)15-3-2-8-23-12-15)18-10-16(9-17(22)11-18)20-24-26-27-25-20/h2-12H,13H2,1H3,(H,24,25,26,27). The minimum atomic E-state index is -3.36. The fraction of sp³-hybridized carbons (Fsp3) is 0.0952. The number of halogens is 1. The first-order valence-corrected chi connectivity index (χ1v) is 11.3. The normalized spacial score (nSPS) is 11.3. The lowest BCUT2D eigenvalue weighted by atomic mass is 10.1. The van der Waals surface area contributed by atoms with Crippen LogP contribution in [0.1, 0.15) is 15.9 Å². The number of carbonyl (C=O) groups excluding carboxylic acids is 1. The molecule has 1 N–H and O–H groups in total. The second-order valence-corrected chi connectivity index (χ2v) is 9.01. The third kappa shape index (κ3) is 4.67. The summed E-state index contributed by atoms with van der Waals surface area (Å²) in [7, 11) is -3.36. The minimum absolute atomic E-state index is 0.0648. The number of H-pyrrole nitrogens is 1. The van der Waals surface area contributed by atoms with Crippen molar-refractivity contribution in [3.05, 3.63) is 83.9 Å². The topological polar surface area (TPSA) is 122 Å².